The van der Waals surface area contributed by atoms with Gasteiger partial charge in [0.05, 0.1) is 18.2 Å². The van der Waals surface area contributed by atoms with Crippen molar-refractivity contribution in [2.75, 3.05) is 19.0 Å². The molecule has 0 aliphatic rings. The van der Waals surface area contributed by atoms with Gasteiger partial charge in [-0.2, -0.15) is 0 Å². The van der Waals surface area contributed by atoms with Gasteiger partial charge in [-0.05, 0) is 82.5 Å². The number of ether oxygens (including phenoxy) is 3. The molecule has 0 unspecified atom stereocenters. The van der Waals surface area contributed by atoms with Crippen LogP contribution in [0.1, 0.15) is 18.1 Å². The van der Waals surface area contributed by atoms with E-state index in [-0.39, 0.29) is 5.82 Å². The summed E-state index contributed by atoms with van der Waals surface area (Å²) in [5.41, 5.74) is 2.92. The number of nitrogens with one attached hydrogen (secondary N) is 1. The summed E-state index contributed by atoms with van der Waals surface area (Å²) in [6.07, 6.45) is 0. The summed E-state index contributed by atoms with van der Waals surface area (Å²) < 4.78 is 30.8. The van der Waals surface area contributed by atoms with E-state index in [1.165, 1.54) is 12.1 Å². The summed E-state index contributed by atoms with van der Waals surface area (Å²) in [4.78, 5) is 0. The molecule has 3 rings (SSSR count). The van der Waals surface area contributed by atoms with Crippen LogP contribution >= 0.6 is 15.9 Å². The van der Waals surface area contributed by atoms with Crippen molar-refractivity contribution >= 4 is 21.6 Å². The highest BCUT2D eigenvalue weighted by atomic mass is 79.9. The van der Waals surface area contributed by atoms with Gasteiger partial charge in [0.15, 0.2) is 11.5 Å². The topological polar surface area (TPSA) is 39.7 Å². The van der Waals surface area contributed by atoms with Gasteiger partial charge in [-0.1, -0.05) is 12.1 Å². The number of hydrogen-bond acceptors (Lipinski definition) is 4. The summed E-state index contributed by atoms with van der Waals surface area (Å²) in [6, 6.07) is 18.0. The molecule has 0 aromatic heterocycles. The van der Waals surface area contributed by atoms with Crippen LogP contribution in [-0.2, 0) is 13.2 Å². The predicted molar refractivity (Wildman–Crippen MR) is 116 cm³/mol. The van der Waals surface area contributed by atoms with Crippen molar-refractivity contribution in [1.82, 2.24) is 0 Å². The number of rotatable bonds is 9. The predicted octanol–water partition coefficient (Wildman–Crippen LogP) is 6.19. The Balaban J connectivity index is 1.71. The van der Waals surface area contributed by atoms with Crippen molar-refractivity contribution in [3.8, 4) is 17.2 Å². The fraction of sp³-hybridized carbons (Fsp3) is 0.217. The number of methoxy groups -OCH3 is 1. The molecule has 1 N–H and O–H groups in total. The second-order valence-electron chi connectivity index (χ2n) is 6.34. The van der Waals surface area contributed by atoms with E-state index in [1.807, 2.05) is 43.3 Å². The van der Waals surface area contributed by atoms with Crippen molar-refractivity contribution in [3.63, 3.8) is 0 Å². The van der Waals surface area contributed by atoms with Crippen molar-refractivity contribution in [1.29, 1.82) is 0 Å². The first-order valence-electron chi connectivity index (χ1n) is 9.29. The van der Waals surface area contributed by atoms with E-state index in [0.717, 1.165) is 27.0 Å². The zero-order chi connectivity index (χ0) is 20.6. The first kappa shape index (κ1) is 21.0. The Morgan fingerprint density at radius 1 is 0.931 bits per heavy atom. The molecule has 0 heterocycles. The first-order chi connectivity index (χ1) is 14.1. The minimum absolute atomic E-state index is 0.265. The lowest BCUT2D eigenvalue weighted by molar-refractivity contribution is 0.267. The van der Waals surface area contributed by atoms with Gasteiger partial charge >= 0.3 is 0 Å². The lowest BCUT2D eigenvalue weighted by Crippen LogP contribution is -2.04. The van der Waals surface area contributed by atoms with Crippen molar-refractivity contribution in [2.45, 2.75) is 20.1 Å². The van der Waals surface area contributed by atoms with E-state index in [4.69, 9.17) is 14.2 Å². The van der Waals surface area contributed by atoms with Gasteiger partial charge in [0.2, 0.25) is 0 Å². The molecule has 0 radical (unpaired) electrons. The van der Waals surface area contributed by atoms with Gasteiger partial charge in [-0.15, -0.1) is 0 Å². The molecule has 3 aromatic carbocycles. The van der Waals surface area contributed by atoms with Gasteiger partial charge in [0, 0.05) is 12.2 Å². The lowest BCUT2D eigenvalue weighted by atomic mass is 10.2. The smallest absolute Gasteiger partial charge is 0.175 e. The normalized spacial score (nSPS) is 10.5. The van der Waals surface area contributed by atoms with Gasteiger partial charge in [-0.3, -0.25) is 0 Å². The molecule has 6 heteroatoms. The molecule has 0 bridgehead atoms. The quantitative estimate of drug-likeness (QED) is 0.414. The van der Waals surface area contributed by atoms with Gasteiger partial charge < -0.3 is 19.5 Å². The minimum atomic E-state index is -0.265. The van der Waals surface area contributed by atoms with Gasteiger partial charge in [-0.25, -0.2) is 4.39 Å². The third kappa shape index (κ3) is 5.87. The van der Waals surface area contributed by atoms with Crippen LogP contribution < -0.4 is 19.5 Å². The summed E-state index contributed by atoms with van der Waals surface area (Å²) in [6.45, 7) is 3.40. The molecular weight excluding hydrogens is 437 g/mol. The third-order valence-corrected chi connectivity index (χ3v) is 4.84. The highest BCUT2D eigenvalue weighted by Gasteiger charge is 2.13. The van der Waals surface area contributed by atoms with E-state index in [9.17, 15) is 4.39 Å². The summed E-state index contributed by atoms with van der Waals surface area (Å²) in [5.74, 6) is 1.85. The molecule has 0 spiro atoms. The van der Waals surface area contributed by atoms with Crippen LogP contribution in [-0.4, -0.2) is 13.7 Å². The maximum Gasteiger partial charge on any atom is 0.175 e. The van der Waals surface area contributed by atoms with Crippen LogP contribution in [0, 0.1) is 5.82 Å². The molecule has 152 valence electrons. The first-order valence-corrected chi connectivity index (χ1v) is 10.1. The fourth-order valence-corrected chi connectivity index (χ4v) is 3.38. The van der Waals surface area contributed by atoms with Gasteiger partial charge in [0.1, 0.15) is 18.2 Å². The molecule has 0 atom stereocenters. The number of benzene rings is 3. The molecule has 4 nitrogen and oxygen atoms in total. The van der Waals surface area contributed by atoms with Crippen molar-refractivity contribution < 1.29 is 18.6 Å². The molecule has 3 aromatic rings. The van der Waals surface area contributed by atoms with Crippen LogP contribution in [0.25, 0.3) is 0 Å². The molecule has 0 saturated heterocycles. The highest BCUT2D eigenvalue weighted by Crippen LogP contribution is 2.37. The second kappa shape index (κ2) is 10.2. The van der Waals surface area contributed by atoms with Crippen molar-refractivity contribution in [2.24, 2.45) is 0 Å². The molecule has 0 aliphatic heterocycles. The minimum Gasteiger partial charge on any atom is -0.497 e. The van der Waals surface area contributed by atoms with E-state index in [2.05, 4.69) is 21.2 Å². The van der Waals surface area contributed by atoms with E-state index >= 15 is 0 Å². The Morgan fingerprint density at radius 2 is 1.66 bits per heavy atom. The second-order valence-corrected chi connectivity index (χ2v) is 7.19. The Labute approximate surface area is 178 Å². The molecule has 29 heavy (non-hydrogen) atoms. The molecule has 0 saturated carbocycles. The summed E-state index contributed by atoms with van der Waals surface area (Å²) >= 11 is 3.59. The zero-order valence-electron chi connectivity index (χ0n) is 16.4. The monoisotopic (exact) mass is 459 g/mol. The standard InChI is InChI=1S/C23H23BrFNO3/c1-3-28-22-13-17(14-26-19-8-10-20(27-2)11-9-19)12-21(24)23(22)29-15-16-4-6-18(25)7-5-16/h4-13,26H,3,14-15H2,1-2H3. The van der Waals surface area contributed by atoms with Crippen LogP contribution in [0.2, 0.25) is 0 Å². The van der Waals surface area contributed by atoms with Crippen LogP contribution in [0.5, 0.6) is 17.2 Å². The number of hydrogen-bond donors (Lipinski definition) is 1. The maximum atomic E-state index is 13.1. The Bertz CT molecular complexity index is 930. The largest absolute Gasteiger partial charge is 0.497 e. The molecule has 0 amide bonds. The SMILES string of the molecule is CCOc1cc(CNc2ccc(OC)cc2)cc(Br)c1OCc1ccc(F)cc1. The third-order valence-electron chi connectivity index (χ3n) is 4.25. The van der Waals surface area contributed by atoms with E-state index in [1.54, 1.807) is 19.2 Å². The number of halogens is 2. The molecule has 0 fully saturated rings. The average Bonchev–Trinajstić information content (AvgIpc) is 2.73. The summed E-state index contributed by atoms with van der Waals surface area (Å²) in [7, 11) is 1.65. The summed E-state index contributed by atoms with van der Waals surface area (Å²) in [5, 5.41) is 3.38. The lowest BCUT2D eigenvalue weighted by Gasteiger charge is -2.16. The van der Waals surface area contributed by atoms with Crippen LogP contribution in [0.3, 0.4) is 0 Å². The van der Waals surface area contributed by atoms with E-state index < -0.39 is 0 Å². The van der Waals surface area contributed by atoms with Crippen LogP contribution in [0.4, 0.5) is 10.1 Å². The molecular formula is C23H23BrFNO3. The molecule has 0 aliphatic carbocycles. The Morgan fingerprint density at radius 3 is 2.31 bits per heavy atom. The number of anilines is 1. The van der Waals surface area contributed by atoms with Crippen LogP contribution in [0.15, 0.2) is 65.1 Å². The van der Waals surface area contributed by atoms with Crippen molar-refractivity contribution in [3.05, 3.63) is 82.1 Å². The maximum absolute atomic E-state index is 13.1. The highest BCUT2D eigenvalue weighted by molar-refractivity contribution is 9.10. The zero-order valence-corrected chi connectivity index (χ0v) is 18.0. The Hall–Kier alpha value is -2.73. The Kier molecular flexibility index (Phi) is 7.36. The fourth-order valence-electron chi connectivity index (χ4n) is 2.78. The van der Waals surface area contributed by atoms with E-state index in [0.29, 0.717) is 31.3 Å². The van der Waals surface area contributed by atoms with Gasteiger partial charge in [0.25, 0.3) is 0 Å². The average molecular weight is 460 g/mol.